The number of pyridine rings is 1. The van der Waals surface area contributed by atoms with Crippen molar-refractivity contribution in [3.63, 3.8) is 0 Å². The van der Waals surface area contributed by atoms with Crippen LogP contribution in [0.5, 0.6) is 0 Å². The van der Waals surface area contributed by atoms with Gasteiger partial charge in [-0.2, -0.15) is 11.8 Å². The van der Waals surface area contributed by atoms with Gasteiger partial charge in [-0.15, -0.1) is 0 Å². The highest BCUT2D eigenvalue weighted by atomic mass is 35.5. The number of carbonyl (C=O) groups is 1. The fraction of sp³-hybridized carbons (Fsp3) is 0.400. The SMILES string of the molecule is CC(=O)O.CC(C)(O)c1ccccc1C(CCSCC1CC1)c1cccc(C=Cc2ccc3ccc(Cl)cc3n2)c1.CC1CNCCN1. The summed E-state index contributed by atoms with van der Waals surface area (Å²) in [5.74, 6) is 2.71. The molecular weight excluding hydrogens is 638 g/mol. The molecule has 0 amide bonds. The normalized spacial score (nSPS) is 16.8. The monoisotopic (exact) mass is 687 g/mol. The smallest absolute Gasteiger partial charge is 0.300 e. The largest absolute Gasteiger partial charge is 0.481 e. The lowest BCUT2D eigenvalue weighted by atomic mass is 9.81. The van der Waals surface area contributed by atoms with Crippen LogP contribution in [0.1, 0.15) is 80.8 Å². The fourth-order valence-electron chi connectivity index (χ4n) is 5.65. The Labute approximate surface area is 295 Å². The second kappa shape index (κ2) is 18.5. The lowest BCUT2D eigenvalue weighted by Crippen LogP contribution is -2.46. The van der Waals surface area contributed by atoms with Crippen molar-refractivity contribution < 1.29 is 15.0 Å². The van der Waals surface area contributed by atoms with Crippen molar-refractivity contribution in [2.45, 2.75) is 64.5 Å². The van der Waals surface area contributed by atoms with E-state index >= 15 is 0 Å². The van der Waals surface area contributed by atoms with E-state index in [9.17, 15) is 5.11 Å². The summed E-state index contributed by atoms with van der Waals surface area (Å²) in [5.41, 5.74) is 5.56. The molecule has 1 saturated heterocycles. The zero-order valence-corrected chi connectivity index (χ0v) is 30.2. The van der Waals surface area contributed by atoms with E-state index in [1.165, 1.54) is 29.7 Å². The second-order valence-electron chi connectivity index (χ2n) is 13.2. The highest BCUT2D eigenvalue weighted by Crippen LogP contribution is 2.38. The lowest BCUT2D eigenvalue weighted by Gasteiger charge is -2.27. The van der Waals surface area contributed by atoms with Crippen LogP contribution in [0.25, 0.3) is 23.1 Å². The number of rotatable bonds is 10. The van der Waals surface area contributed by atoms with E-state index in [-0.39, 0.29) is 5.92 Å². The van der Waals surface area contributed by atoms with Crippen molar-refractivity contribution in [3.8, 4) is 0 Å². The first kappa shape index (κ1) is 37.6. The van der Waals surface area contributed by atoms with Gasteiger partial charge in [-0.1, -0.05) is 78.3 Å². The minimum atomic E-state index is -0.891. The Hall–Kier alpha value is -3.20. The van der Waals surface area contributed by atoms with Gasteiger partial charge in [-0.3, -0.25) is 4.79 Å². The molecule has 2 aliphatic rings. The Bertz CT molecular complexity index is 1640. The Morgan fingerprint density at radius 2 is 1.79 bits per heavy atom. The average Bonchev–Trinajstić information content (AvgIpc) is 3.88. The summed E-state index contributed by atoms with van der Waals surface area (Å²) in [7, 11) is 0. The van der Waals surface area contributed by atoms with Crippen LogP contribution in [-0.2, 0) is 10.4 Å². The van der Waals surface area contributed by atoms with Crippen molar-refractivity contribution in [2.75, 3.05) is 31.1 Å². The van der Waals surface area contributed by atoms with Gasteiger partial charge in [-0.25, -0.2) is 4.98 Å². The van der Waals surface area contributed by atoms with Gasteiger partial charge in [-0.05, 0) is 104 Å². The summed E-state index contributed by atoms with van der Waals surface area (Å²) in [6, 6.07) is 27.8. The second-order valence-corrected chi connectivity index (χ2v) is 14.7. The van der Waals surface area contributed by atoms with Crippen LogP contribution in [-0.4, -0.2) is 58.3 Å². The molecule has 2 atom stereocenters. The molecule has 256 valence electrons. The Morgan fingerprint density at radius 3 is 2.46 bits per heavy atom. The number of piperazine rings is 1. The summed E-state index contributed by atoms with van der Waals surface area (Å²) in [4.78, 5) is 13.8. The van der Waals surface area contributed by atoms with Crippen LogP contribution in [0, 0.1) is 5.92 Å². The number of aliphatic carboxylic acids is 1. The van der Waals surface area contributed by atoms with Gasteiger partial charge in [0.15, 0.2) is 0 Å². The third kappa shape index (κ3) is 12.7. The number of nitrogens with one attached hydrogen (secondary N) is 2. The number of aromatic nitrogens is 1. The van der Waals surface area contributed by atoms with Gasteiger partial charge in [0.05, 0.1) is 16.8 Å². The fourth-order valence-corrected chi connectivity index (χ4v) is 7.06. The molecule has 6 nitrogen and oxygen atoms in total. The number of benzene rings is 3. The Balaban J connectivity index is 0.000000405. The molecule has 6 rings (SSSR count). The van der Waals surface area contributed by atoms with E-state index in [1.807, 2.05) is 44.2 Å². The van der Waals surface area contributed by atoms with Crippen LogP contribution < -0.4 is 10.6 Å². The highest BCUT2D eigenvalue weighted by molar-refractivity contribution is 7.99. The molecular formula is C40H50ClN3O3S. The van der Waals surface area contributed by atoms with Crippen molar-refractivity contribution >= 4 is 52.4 Å². The summed E-state index contributed by atoms with van der Waals surface area (Å²) in [6.45, 7) is 10.4. The van der Waals surface area contributed by atoms with Gasteiger partial charge in [0.1, 0.15) is 0 Å². The number of halogens is 1. The Kier molecular flexibility index (Phi) is 14.5. The van der Waals surface area contributed by atoms with Crippen LogP contribution in [0.15, 0.2) is 78.9 Å². The van der Waals surface area contributed by atoms with Gasteiger partial charge >= 0.3 is 0 Å². The topological polar surface area (TPSA) is 94.5 Å². The van der Waals surface area contributed by atoms with E-state index in [2.05, 4.69) is 90.0 Å². The molecule has 1 saturated carbocycles. The van der Waals surface area contributed by atoms with Crippen LogP contribution in [0.3, 0.4) is 0 Å². The summed E-state index contributed by atoms with van der Waals surface area (Å²) >= 11 is 8.24. The molecule has 48 heavy (non-hydrogen) atoms. The Morgan fingerprint density at radius 1 is 1.04 bits per heavy atom. The molecule has 1 aliphatic heterocycles. The number of fused-ring (bicyclic) bond motifs is 1. The molecule has 2 heterocycles. The molecule has 2 unspecified atom stereocenters. The van der Waals surface area contributed by atoms with Gasteiger partial charge < -0.3 is 20.8 Å². The molecule has 8 heteroatoms. The van der Waals surface area contributed by atoms with Crippen molar-refractivity contribution in [2.24, 2.45) is 5.92 Å². The predicted molar refractivity (Wildman–Crippen MR) is 204 cm³/mol. The number of aliphatic hydroxyl groups is 1. The zero-order valence-electron chi connectivity index (χ0n) is 28.6. The minimum absolute atomic E-state index is 0.226. The van der Waals surface area contributed by atoms with E-state index in [0.717, 1.165) is 72.4 Å². The number of thioether (sulfide) groups is 1. The molecule has 1 aliphatic carbocycles. The van der Waals surface area contributed by atoms with Gasteiger partial charge in [0.2, 0.25) is 0 Å². The molecule has 2 fully saturated rings. The number of hydrogen-bond acceptors (Lipinski definition) is 6. The van der Waals surface area contributed by atoms with E-state index in [1.54, 1.807) is 0 Å². The maximum Gasteiger partial charge on any atom is 0.300 e. The number of nitrogens with zero attached hydrogens (tertiary/aromatic N) is 1. The molecule has 1 aromatic heterocycles. The first-order chi connectivity index (χ1) is 23.0. The average molecular weight is 688 g/mol. The minimum Gasteiger partial charge on any atom is -0.481 e. The molecule has 0 spiro atoms. The molecule has 4 N–H and O–H groups in total. The quantitative estimate of drug-likeness (QED) is 0.124. The number of hydrogen-bond donors (Lipinski definition) is 4. The highest BCUT2D eigenvalue weighted by Gasteiger charge is 2.26. The molecule has 4 aromatic rings. The molecule has 0 bridgehead atoms. The summed E-state index contributed by atoms with van der Waals surface area (Å²) in [6.07, 6.45) is 8.02. The standard InChI is InChI=1S/C33H34ClNOS.C5H12N2.C2H4O2/c1-33(2,36)31-9-4-3-8-30(31)29(18-19-37-22-24-10-11-24)26-7-5-6-23(20-26)12-16-28-17-14-25-13-15-27(34)21-32(25)35-28;1-5-4-6-2-3-7-5;1-2(3)4/h3-9,12-17,20-21,24,29,36H,10-11,18-19,22H2,1-2H3;5-7H,2-4H2,1H3;1H3,(H,3,4). The number of carboxylic acids is 1. The molecule has 0 radical (unpaired) electrons. The summed E-state index contributed by atoms with van der Waals surface area (Å²) in [5, 5.41) is 26.7. The van der Waals surface area contributed by atoms with Gasteiger partial charge in [0.25, 0.3) is 5.97 Å². The van der Waals surface area contributed by atoms with Gasteiger partial charge in [0, 0.05) is 48.9 Å². The van der Waals surface area contributed by atoms with Crippen molar-refractivity contribution in [1.29, 1.82) is 0 Å². The predicted octanol–water partition coefficient (Wildman–Crippen LogP) is 8.61. The zero-order chi connectivity index (χ0) is 34.5. The maximum absolute atomic E-state index is 10.9. The van der Waals surface area contributed by atoms with E-state index < -0.39 is 11.6 Å². The van der Waals surface area contributed by atoms with E-state index in [0.29, 0.717) is 11.1 Å². The first-order valence-corrected chi connectivity index (χ1v) is 18.4. The first-order valence-electron chi connectivity index (χ1n) is 16.9. The van der Waals surface area contributed by atoms with E-state index in [4.69, 9.17) is 26.5 Å². The van der Waals surface area contributed by atoms with Crippen LogP contribution in [0.2, 0.25) is 5.02 Å². The third-order valence-electron chi connectivity index (χ3n) is 8.28. The van der Waals surface area contributed by atoms with Crippen molar-refractivity contribution in [3.05, 3.63) is 112 Å². The van der Waals surface area contributed by atoms with Crippen LogP contribution >= 0.6 is 23.4 Å². The third-order valence-corrected chi connectivity index (χ3v) is 9.74. The van der Waals surface area contributed by atoms with Crippen LogP contribution in [0.4, 0.5) is 0 Å². The number of carboxylic acid groups (broad SMARTS) is 1. The summed E-state index contributed by atoms with van der Waals surface area (Å²) < 4.78 is 0. The maximum atomic E-state index is 10.9. The van der Waals surface area contributed by atoms with Crippen molar-refractivity contribution in [1.82, 2.24) is 15.6 Å². The molecule has 3 aromatic carbocycles. The lowest BCUT2D eigenvalue weighted by molar-refractivity contribution is -0.134.